The van der Waals surface area contributed by atoms with Gasteiger partial charge in [-0.1, -0.05) is 39.8 Å². The van der Waals surface area contributed by atoms with Crippen LogP contribution in [-0.4, -0.2) is 49.5 Å². The number of nitrogens with one attached hydrogen (secondary N) is 2. The van der Waals surface area contributed by atoms with E-state index in [9.17, 15) is 9.18 Å². The van der Waals surface area contributed by atoms with Crippen molar-refractivity contribution in [1.82, 2.24) is 15.5 Å². The largest absolute Gasteiger partial charge is 0.356 e. The molecule has 6 heteroatoms. The summed E-state index contributed by atoms with van der Waals surface area (Å²) in [5.74, 6) is 0.708. The van der Waals surface area contributed by atoms with Gasteiger partial charge in [0.2, 0.25) is 5.91 Å². The maximum atomic E-state index is 13.5. The standard InChI is InChI=1S/C20H31FN4O/c1-14(2)18(26)25-10-9-17(12-25)24-19(22-5)23-13-20(3,4)15-7-6-8-16(21)11-15/h6-8,11,14,17H,9-10,12-13H2,1-5H3,(H2,22,23,24). The van der Waals surface area contributed by atoms with Crippen LogP contribution in [0.3, 0.4) is 0 Å². The van der Waals surface area contributed by atoms with E-state index in [-0.39, 0.29) is 29.1 Å². The average Bonchev–Trinajstić information content (AvgIpc) is 3.06. The minimum Gasteiger partial charge on any atom is -0.356 e. The molecule has 2 N–H and O–H groups in total. The van der Waals surface area contributed by atoms with Crippen molar-refractivity contribution in [2.24, 2.45) is 10.9 Å². The van der Waals surface area contributed by atoms with E-state index in [0.29, 0.717) is 19.0 Å². The van der Waals surface area contributed by atoms with E-state index in [1.807, 2.05) is 24.8 Å². The average molecular weight is 362 g/mol. The van der Waals surface area contributed by atoms with Gasteiger partial charge in [0.1, 0.15) is 5.82 Å². The smallest absolute Gasteiger partial charge is 0.225 e. The number of halogens is 1. The molecule has 0 aromatic heterocycles. The third-order valence-electron chi connectivity index (χ3n) is 4.86. The molecule has 1 atom stereocenters. The summed E-state index contributed by atoms with van der Waals surface area (Å²) in [6.07, 6.45) is 0.909. The van der Waals surface area contributed by atoms with Crippen LogP contribution >= 0.6 is 0 Å². The number of carbonyl (C=O) groups excluding carboxylic acids is 1. The minimum atomic E-state index is -0.241. The summed E-state index contributed by atoms with van der Waals surface area (Å²) < 4.78 is 13.5. The van der Waals surface area contributed by atoms with Crippen molar-refractivity contribution < 1.29 is 9.18 Å². The molecule has 1 aromatic rings. The molecule has 1 saturated heterocycles. The van der Waals surface area contributed by atoms with Crippen LogP contribution in [0.4, 0.5) is 4.39 Å². The second-order valence-electron chi connectivity index (χ2n) is 7.89. The molecule has 1 unspecified atom stereocenters. The maximum absolute atomic E-state index is 13.5. The fourth-order valence-electron chi connectivity index (χ4n) is 3.15. The van der Waals surface area contributed by atoms with E-state index in [1.54, 1.807) is 19.2 Å². The fourth-order valence-corrected chi connectivity index (χ4v) is 3.15. The summed E-state index contributed by atoms with van der Waals surface area (Å²) >= 11 is 0. The quantitative estimate of drug-likeness (QED) is 0.625. The molecule has 2 rings (SSSR count). The molecule has 144 valence electrons. The second-order valence-corrected chi connectivity index (χ2v) is 7.89. The van der Waals surface area contributed by atoms with E-state index in [4.69, 9.17) is 0 Å². The number of hydrogen-bond donors (Lipinski definition) is 2. The number of aliphatic imine (C=N–C) groups is 1. The number of amides is 1. The van der Waals surface area contributed by atoms with Crippen LogP contribution in [0.1, 0.15) is 39.7 Å². The first-order chi connectivity index (χ1) is 12.2. The fraction of sp³-hybridized carbons (Fsp3) is 0.600. The minimum absolute atomic E-state index is 0.0262. The SMILES string of the molecule is CN=C(NCC(C)(C)c1cccc(F)c1)NC1CCN(C(=O)C(C)C)C1. The van der Waals surface area contributed by atoms with Crippen LogP contribution < -0.4 is 10.6 Å². The number of carbonyl (C=O) groups is 1. The lowest BCUT2D eigenvalue weighted by atomic mass is 9.84. The third kappa shape index (κ3) is 5.19. The summed E-state index contributed by atoms with van der Waals surface area (Å²) in [4.78, 5) is 18.3. The predicted octanol–water partition coefficient (Wildman–Crippen LogP) is 2.53. The van der Waals surface area contributed by atoms with E-state index in [0.717, 1.165) is 18.5 Å². The number of hydrogen-bond acceptors (Lipinski definition) is 2. The van der Waals surface area contributed by atoms with Gasteiger partial charge in [0.25, 0.3) is 0 Å². The van der Waals surface area contributed by atoms with Crippen LogP contribution in [0.5, 0.6) is 0 Å². The van der Waals surface area contributed by atoms with Gasteiger partial charge in [0.15, 0.2) is 5.96 Å². The summed E-state index contributed by atoms with van der Waals surface area (Å²) in [5.41, 5.74) is 0.699. The normalized spacial score (nSPS) is 18.3. The van der Waals surface area contributed by atoms with Crippen molar-refractivity contribution in [2.45, 2.75) is 45.6 Å². The molecule has 0 aliphatic carbocycles. The molecule has 1 heterocycles. The lowest BCUT2D eigenvalue weighted by Crippen LogP contribution is -2.48. The highest BCUT2D eigenvalue weighted by Crippen LogP contribution is 2.22. The third-order valence-corrected chi connectivity index (χ3v) is 4.86. The Kier molecular flexibility index (Phi) is 6.62. The summed E-state index contributed by atoms with van der Waals surface area (Å²) in [7, 11) is 1.73. The molecule has 5 nitrogen and oxygen atoms in total. The van der Waals surface area contributed by atoms with Crippen LogP contribution in [0, 0.1) is 11.7 Å². The number of guanidine groups is 1. The molecule has 1 aliphatic heterocycles. The van der Waals surface area contributed by atoms with Gasteiger partial charge in [0.05, 0.1) is 0 Å². The Balaban J connectivity index is 1.89. The van der Waals surface area contributed by atoms with E-state index >= 15 is 0 Å². The first kappa shape index (κ1) is 20.2. The van der Waals surface area contributed by atoms with Crippen molar-refractivity contribution in [1.29, 1.82) is 0 Å². The van der Waals surface area contributed by atoms with Crippen LogP contribution in [0.15, 0.2) is 29.3 Å². The molecule has 1 fully saturated rings. The van der Waals surface area contributed by atoms with Crippen molar-refractivity contribution in [2.75, 3.05) is 26.7 Å². The zero-order valence-corrected chi connectivity index (χ0v) is 16.5. The Morgan fingerprint density at radius 2 is 2.15 bits per heavy atom. The highest BCUT2D eigenvalue weighted by atomic mass is 19.1. The summed E-state index contributed by atoms with van der Waals surface area (Å²) in [6.45, 7) is 10.1. The Labute approximate surface area is 156 Å². The number of nitrogens with zero attached hydrogens (tertiary/aromatic N) is 2. The molecule has 1 aliphatic rings. The molecule has 1 aromatic carbocycles. The molecule has 0 spiro atoms. The van der Waals surface area contributed by atoms with Crippen LogP contribution in [0.25, 0.3) is 0 Å². The van der Waals surface area contributed by atoms with Crippen molar-refractivity contribution >= 4 is 11.9 Å². The molecule has 26 heavy (non-hydrogen) atoms. The van der Waals surface area contributed by atoms with Gasteiger partial charge in [0, 0.05) is 44.1 Å². The molecule has 0 saturated carbocycles. The van der Waals surface area contributed by atoms with Gasteiger partial charge < -0.3 is 15.5 Å². The first-order valence-corrected chi connectivity index (χ1v) is 9.25. The van der Waals surface area contributed by atoms with Gasteiger partial charge in [-0.2, -0.15) is 0 Å². The highest BCUT2D eigenvalue weighted by Gasteiger charge is 2.28. The topological polar surface area (TPSA) is 56.7 Å². The highest BCUT2D eigenvalue weighted by molar-refractivity contribution is 5.81. The lowest BCUT2D eigenvalue weighted by Gasteiger charge is -2.27. The van der Waals surface area contributed by atoms with Gasteiger partial charge in [-0.05, 0) is 24.1 Å². The number of likely N-dealkylation sites (tertiary alicyclic amines) is 1. The molecular formula is C20H31FN4O. The molecule has 1 amide bonds. The summed E-state index contributed by atoms with van der Waals surface area (Å²) in [6, 6.07) is 6.90. The molecule has 0 bridgehead atoms. The Bertz CT molecular complexity index is 657. The summed E-state index contributed by atoms with van der Waals surface area (Å²) in [5, 5.41) is 6.73. The zero-order chi connectivity index (χ0) is 19.3. The Morgan fingerprint density at radius 1 is 1.42 bits per heavy atom. The van der Waals surface area contributed by atoms with Crippen molar-refractivity contribution in [3.8, 4) is 0 Å². The van der Waals surface area contributed by atoms with E-state index in [2.05, 4.69) is 29.5 Å². The number of benzene rings is 1. The van der Waals surface area contributed by atoms with Gasteiger partial charge >= 0.3 is 0 Å². The Hall–Kier alpha value is -2.11. The second kappa shape index (κ2) is 8.52. The first-order valence-electron chi connectivity index (χ1n) is 9.25. The zero-order valence-electron chi connectivity index (χ0n) is 16.5. The molecule has 0 radical (unpaired) electrons. The monoisotopic (exact) mass is 362 g/mol. The molecular weight excluding hydrogens is 331 g/mol. The number of rotatable bonds is 5. The van der Waals surface area contributed by atoms with Crippen molar-refractivity contribution in [3.05, 3.63) is 35.6 Å². The van der Waals surface area contributed by atoms with Crippen LogP contribution in [0.2, 0.25) is 0 Å². The van der Waals surface area contributed by atoms with Crippen molar-refractivity contribution in [3.63, 3.8) is 0 Å². The predicted molar refractivity (Wildman–Crippen MR) is 104 cm³/mol. The van der Waals surface area contributed by atoms with Crippen LogP contribution in [-0.2, 0) is 10.2 Å². The van der Waals surface area contributed by atoms with Gasteiger partial charge in [-0.25, -0.2) is 4.39 Å². The van der Waals surface area contributed by atoms with Gasteiger partial charge in [-0.3, -0.25) is 9.79 Å². The Morgan fingerprint density at radius 3 is 2.77 bits per heavy atom. The van der Waals surface area contributed by atoms with Gasteiger partial charge in [-0.15, -0.1) is 0 Å². The maximum Gasteiger partial charge on any atom is 0.225 e. The lowest BCUT2D eigenvalue weighted by molar-refractivity contribution is -0.133. The van der Waals surface area contributed by atoms with E-state index in [1.165, 1.54) is 6.07 Å². The van der Waals surface area contributed by atoms with E-state index < -0.39 is 0 Å².